The molecule has 3 nitrogen and oxygen atoms in total. The van der Waals surface area contributed by atoms with Gasteiger partial charge in [0, 0.05) is 15.9 Å². The molecule has 1 aromatic carbocycles. The van der Waals surface area contributed by atoms with Crippen molar-refractivity contribution in [3.63, 3.8) is 0 Å². The lowest BCUT2D eigenvalue weighted by atomic mass is 10.2. The summed E-state index contributed by atoms with van der Waals surface area (Å²) in [6.07, 6.45) is 0. The van der Waals surface area contributed by atoms with Gasteiger partial charge >= 0.3 is 5.97 Å². The molecule has 0 amide bonds. The summed E-state index contributed by atoms with van der Waals surface area (Å²) < 4.78 is 6.50. The van der Waals surface area contributed by atoms with Crippen LogP contribution < -0.4 is 4.74 Å². The van der Waals surface area contributed by atoms with Crippen molar-refractivity contribution < 1.29 is 14.6 Å². The summed E-state index contributed by atoms with van der Waals surface area (Å²) in [5.41, 5.74) is 1.03. The molecule has 0 saturated carbocycles. The summed E-state index contributed by atoms with van der Waals surface area (Å²) in [6, 6.07) is 9.32. The van der Waals surface area contributed by atoms with Crippen LogP contribution in [0.25, 0.3) is 0 Å². The standard InChI is InChI=1S/C12H9BrO3S/c13-9-3-1-2-8(4-9)6-16-10-5-11(12(14)15)17-7-10/h1-5,7H,6H2,(H,14,15). The van der Waals surface area contributed by atoms with Crippen molar-refractivity contribution in [2.45, 2.75) is 6.61 Å². The molecule has 0 aliphatic rings. The number of aromatic carboxylic acids is 1. The monoisotopic (exact) mass is 312 g/mol. The Morgan fingerprint density at radius 2 is 2.24 bits per heavy atom. The van der Waals surface area contributed by atoms with Crippen LogP contribution in [0.1, 0.15) is 15.2 Å². The van der Waals surface area contributed by atoms with Crippen LogP contribution in [-0.2, 0) is 6.61 Å². The maximum atomic E-state index is 10.7. The average molecular weight is 313 g/mol. The van der Waals surface area contributed by atoms with Crippen LogP contribution in [0.2, 0.25) is 0 Å². The van der Waals surface area contributed by atoms with Gasteiger partial charge in [0.1, 0.15) is 17.2 Å². The molecule has 17 heavy (non-hydrogen) atoms. The lowest BCUT2D eigenvalue weighted by molar-refractivity contribution is 0.0702. The van der Waals surface area contributed by atoms with E-state index in [1.54, 1.807) is 5.38 Å². The summed E-state index contributed by atoms with van der Waals surface area (Å²) in [7, 11) is 0. The van der Waals surface area contributed by atoms with Gasteiger partial charge in [-0.2, -0.15) is 0 Å². The molecule has 0 aliphatic heterocycles. The first-order valence-corrected chi connectivity index (χ1v) is 6.51. The van der Waals surface area contributed by atoms with Crippen LogP contribution in [0.4, 0.5) is 0 Å². The number of carboxylic acids is 1. The van der Waals surface area contributed by atoms with Gasteiger partial charge in [-0.15, -0.1) is 11.3 Å². The molecule has 1 heterocycles. The molecule has 5 heteroatoms. The van der Waals surface area contributed by atoms with Crippen LogP contribution >= 0.6 is 27.3 Å². The van der Waals surface area contributed by atoms with Crippen LogP contribution in [-0.4, -0.2) is 11.1 Å². The number of hydrogen-bond acceptors (Lipinski definition) is 3. The molecule has 0 bridgehead atoms. The molecule has 0 atom stereocenters. The second-order valence-corrected chi connectivity index (χ2v) is 5.20. The van der Waals surface area contributed by atoms with E-state index in [-0.39, 0.29) is 4.88 Å². The molecule has 0 radical (unpaired) electrons. The SMILES string of the molecule is O=C(O)c1cc(OCc2cccc(Br)c2)cs1. The fraction of sp³-hybridized carbons (Fsp3) is 0.0833. The van der Waals surface area contributed by atoms with E-state index in [2.05, 4.69) is 15.9 Å². The van der Waals surface area contributed by atoms with E-state index in [1.807, 2.05) is 24.3 Å². The Bertz CT molecular complexity index is 536. The Hall–Kier alpha value is -1.33. The lowest BCUT2D eigenvalue weighted by Crippen LogP contribution is -1.94. The zero-order valence-electron chi connectivity index (χ0n) is 8.72. The summed E-state index contributed by atoms with van der Waals surface area (Å²) in [5.74, 6) is -0.334. The summed E-state index contributed by atoms with van der Waals surface area (Å²) >= 11 is 4.54. The molecule has 88 valence electrons. The maximum Gasteiger partial charge on any atom is 0.346 e. The van der Waals surface area contributed by atoms with Crippen LogP contribution in [0.3, 0.4) is 0 Å². The van der Waals surface area contributed by atoms with Gasteiger partial charge in [-0.25, -0.2) is 4.79 Å². The highest BCUT2D eigenvalue weighted by Crippen LogP contribution is 2.22. The highest BCUT2D eigenvalue weighted by molar-refractivity contribution is 9.10. The molecule has 0 saturated heterocycles. The minimum atomic E-state index is -0.924. The van der Waals surface area contributed by atoms with E-state index >= 15 is 0 Å². The van der Waals surface area contributed by atoms with Crippen molar-refractivity contribution >= 4 is 33.2 Å². The Morgan fingerprint density at radius 3 is 2.88 bits per heavy atom. The lowest BCUT2D eigenvalue weighted by Gasteiger charge is -2.03. The number of rotatable bonds is 4. The Kier molecular flexibility index (Phi) is 3.81. The Morgan fingerprint density at radius 1 is 1.41 bits per heavy atom. The number of benzene rings is 1. The van der Waals surface area contributed by atoms with Gasteiger partial charge in [-0.05, 0) is 17.7 Å². The maximum absolute atomic E-state index is 10.7. The van der Waals surface area contributed by atoms with Gasteiger partial charge in [0.15, 0.2) is 0 Å². The van der Waals surface area contributed by atoms with Crippen molar-refractivity contribution in [3.8, 4) is 5.75 Å². The topological polar surface area (TPSA) is 46.5 Å². The molecular formula is C12H9BrO3S. The van der Waals surface area contributed by atoms with Crippen LogP contribution in [0.5, 0.6) is 5.75 Å². The van der Waals surface area contributed by atoms with Gasteiger partial charge in [-0.1, -0.05) is 28.1 Å². The van der Waals surface area contributed by atoms with Gasteiger partial charge in [0.2, 0.25) is 0 Å². The number of carboxylic acid groups (broad SMARTS) is 1. The molecule has 0 unspecified atom stereocenters. The highest BCUT2D eigenvalue weighted by Gasteiger charge is 2.07. The molecular weight excluding hydrogens is 304 g/mol. The highest BCUT2D eigenvalue weighted by atomic mass is 79.9. The fourth-order valence-electron chi connectivity index (χ4n) is 1.30. The molecule has 0 spiro atoms. The zero-order chi connectivity index (χ0) is 12.3. The molecule has 0 fully saturated rings. The predicted molar refractivity (Wildman–Crippen MR) is 69.8 cm³/mol. The van der Waals surface area contributed by atoms with E-state index in [9.17, 15) is 4.79 Å². The number of thiophene rings is 1. The van der Waals surface area contributed by atoms with E-state index in [0.29, 0.717) is 12.4 Å². The second-order valence-electron chi connectivity index (χ2n) is 3.37. The molecule has 1 N–H and O–H groups in total. The first-order valence-electron chi connectivity index (χ1n) is 4.84. The van der Waals surface area contributed by atoms with Gasteiger partial charge < -0.3 is 9.84 Å². The summed E-state index contributed by atoms with van der Waals surface area (Å²) in [5, 5.41) is 10.5. The third-order valence-corrected chi connectivity index (χ3v) is 3.47. The first kappa shape index (κ1) is 12.1. The van der Waals surface area contributed by atoms with Gasteiger partial charge in [-0.3, -0.25) is 0 Å². The average Bonchev–Trinajstić information content (AvgIpc) is 2.75. The normalized spacial score (nSPS) is 10.2. The third-order valence-electron chi connectivity index (χ3n) is 2.08. The smallest absolute Gasteiger partial charge is 0.346 e. The quantitative estimate of drug-likeness (QED) is 0.934. The third kappa shape index (κ3) is 3.31. The summed E-state index contributed by atoms with van der Waals surface area (Å²) in [4.78, 5) is 11.0. The van der Waals surface area contributed by atoms with E-state index in [0.717, 1.165) is 21.4 Å². The molecule has 1 aromatic heterocycles. The summed E-state index contributed by atoms with van der Waals surface area (Å²) in [6.45, 7) is 0.426. The number of halogens is 1. The predicted octanol–water partition coefficient (Wildman–Crippen LogP) is 3.79. The van der Waals surface area contributed by atoms with Crippen molar-refractivity contribution in [1.82, 2.24) is 0 Å². The number of hydrogen-bond donors (Lipinski definition) is 1. The first-order chi connectivity index (χ1) is 8.15. The molecule has 0 aliphatic carbocycles. The van der Waals surface area contributed by atoms with E-state index in [1.165, 1.54) is 6.07 Å². The molecule has 2 aromatic rings. The number of carbonyl (C=O) groups is 1. The Labute approximate surface area is 111 Å². The van der Waals surface area contributed by atoms with Crippen LogP contribution in [0, 0.1) is 0 Å². The largest absolute Gasteiger partial charge is 0.488 e. The van der Waals surface area contributed by atoms with E-state index in [4.69, 9.17) is 9.84 Å². The minimum absolute atomic E-state index is 0.286. The second kappa shape index (κ2) is 5.33. The van der Waals surface area contributed by atoms with E-state index < -0.39 is 5.97 Å². The van der Waals surface area contributed by atoms with Gasteiger partial charge in [0.05, 0.1) is 0 Å². The van der Waals surface area contributed by atoms with Gasteiger partial charge in [0.25, 0.3) is 0 Å². The van der Waals surface area contributed by atoms with Crippen molar-refractivity contribution in [3.05, 3.63) is 50.6 Å². The van der Waals surface area contributed by atoms with Crippen molar-refractivity contribution in [1.29, 1.82) is 0 Å². The molecule has 2 rings (SSSR count). The van der Waals surface area contributed by atoms with Crippen molar-refractivity contribution in [2.24, 2.45) is 0 Å². The minimum Gasteiger partial charge on any atom is -0.488 e. The Balaban J connectivity index is 2.00. The zero-order valence-corrected chi connectivity index (χ0v) is 11.1. The van der Waals surface area contributed by atoms with Crippen LogP contribution in [0.15, 0.2) is 40.2 Å². The number of ether oxygens (including phenoxy) is 1. The van der Waals surface area contributed by atoms with Crippen molar-refractivity contribution in [2.75, 3.05) is 0 Å². The fourth-order valence-corrected chi connectivity index (χ4v) is 2.41.